The van der Waals surface area contributed by atoms with Gasteiger partial charge in [-0.2, -0.15) is 10.2 Å². The van der Waals surface area contributed by atoms with Gasteiger partial charge in [-0.25, -0.2) is 4.90 Å². The van der Waals surface area contributed by atoms with E-state index in [1.165, 1.54) is 12.0 Å². The quantitative estimate of drug-likeness (QED) is 0.455. The lowest BCUT2D eigenvalue weighted by atomic mass is 9.95. The second kappa shape index (κ2) is 9.18. The standard InChI is InChI=1S/C23H24N4O4/c1-31-23(30)16-11-13-26(14-12-16)20-15-21(28)27(22(20)29)19-9-7-18(8-10-19)25-24-17-5-3-2-4-6-17/h2-10,16,20H,11-15H2,1H3/p+1/t20-/m0/s1. The molecule has 2 heterocycles. The topological polar surface area (TPSA) is 92.8 Å². The number of quaternary nitrogens is 1. The maximum absolute atomic E-state index is 13.0. The largest absolute Gasteiger partial charge is 0.469 e. The SMILES string of the molecule is COC(=O)C1CC[NH+]([C@H]2CC(=O)N(c3ccc(N=Nc4ccccc4)cc3)C2=O)CC1. The minimum absolute atomic E-state index is 0.116. The number of carbonyl (C=O) groups excluding carboxylic acids is 3. The van der Waals surface area contributed by atoms with Gasteiger partial charge in [0, 0.05) is 12.8 Å². The maximum atomic E-state index is 13.0. The van der Waals surface area contributed by atoms with Gasteiger partial charge < -0.3 is 9.64 Å². The van der Waals surface area contributed by atoms with Crippen LogP contribution < -0.4 is 9.80 Å². The normalized spacial score (nSPS) is 24.0. The third-order valence-corrected chi connectivity index (χ3v) is 5.95. The van der Waals surface area contributed by atoms with Crippen molar-refractivity contribution in [3.8, 4) is 0 Å². The van der Waals surface area contributed by atoms with Gasteiger partial charge in [0.2, 0.25) is 5.91 Å². The highest BCUT2D eigenvalue weighted by molar-refractivity contribution is 6.21. The van der Waals surface area contributed by atoms with E-state index < -0.39 is 6.04 Å². The van der Waals surface area contributed by atoms with Crippen LogP contribution in [-0.4, -0.2) is 44.0 Å². The molecule has 0 unspecified atom stereocenters. The van der Waals surface area contributed by atoms with Crippen LogP contribution in [0.3, 0.4) is 0 Å². The molecule has 2 amide bonds. The van der Waals surface area contributed by atoms with E-state index in [2.05, 4.69) is 10.2 Å². The lowest BCUT2D eigenvalue weighted by Gasteiger charge is -2.30. The lowest BCUT2D eigenvalue weighted by molar-refractivity contribution is -0.920. The number of benzene rings is 2. The van der Waals surface area contributed by atoms with Gasteiger partial charge >= 0.3 is 5.97 Å². The van der Waals surface area contributed by atoms with E-state index in [0.717, 1.165) is 10.6 Å². The Morgan fingerprint density at radius 1 is 0.968 bits per heavy atom. The van der Waals surface area contributed by atoms with E-state index >= 15 is 0 Å². The zero-order valence-electron chi connectivity index (χ0n) is 17.4. The second-order valence-electron chi connectivity index (χ2n) is 7.83. The highest BCUT2D eigenvalue weighted by Crippen LogP contribution is 2.26. The summed E-state index contributed by atoms with van der Waals surface area (Å²) in [6.45, 7) is 1.35. The van der Waals surface area contributed by atoms with Crippen molar-refractivity contribution in [1.29, 1.82) is 0 Å². The molecule has 0 spiro atoms. The van der Waals surface area contributed by atoms with Gasteiger partial charge in [0.05, 0.1) is 49.6 Å². The van der Waals surface area contributed by atoms with Gasteiger partial charge in [0.15, 0.2) is 6.04 Å². The molecule has 0 aromatic heterocycles. The van der Waals surface area contributed by atoms with Gasteiger partial charge in [-0.15, -0.1) is 0 Å². The number of nitrogens with one attached hydrogen (secondary N) is 1. The highest BCUT2D eigenvalue weighted by atomic mass is 16.5. The number of likely N-dealkylation sites (tertiary alicyclic amines) is 1. The van der Waals surface area contributed by atoms with Crippen molar-refractivity contribution in [2.75, 3.05) is 25.1 Å². The lowest BCUT2D eigenvalue weighted by Crippen LogP contribution is -3.17. The average molecular weight is 421 g/mol. The molecular formula is C23H25N4O4+. The number of anilines is 1. The van der Waals surface area contributed by atoms with Crippen LogP contribution in [0, 0.1) is 5.92 Å². The summed E-state index contributed by atoms with van der Waals surface area (Å²) in [5.41, 5.74) is 1.93. The summed E-state index contributed by atoms with van der Waals surface area (Å²) in [6.07, 6.45) is 1.52. The summed E-state index contributed by atoms with van der Waals surface area (Å²) in [7, 11) is 1.40. The Bertz CT molecular complexity index is 982. The van der Waals surface area contributed by atoms with E-state index in [1.54, 1.807) is 24.3 Å². The highest BCUT2D eigenvalue weighted by Gasteiger charge is 2.47. The Kier molecular flexibility index (Phi) is 6.18. The minimum atomic E-state index is -0.399. The molecule has 1 N–H and O–H groups in total. The van der Waals surface area contributed by atoms with E-state index in [1.807, 2.05) is 30.3 Å². The fourth-order valence-corrected chi connectivity index (χ4v) is 4.24. The van der Waals surface area contributed by atoms with Crippen LogP contribution in [0.2, 0.25) is 0 Å². The molecule has 2 aliphatic heterocycles. The Morgan fingerprint density at radius 2 is 1.58 bits per heavy atom. The van der Waals surface area contributed by atoms with Gasteiger partial charge in [-0.3, -0.25) is 14.4 Å². The first kappa shape index (κ1) is 20.9. The molecule has 0 bridgehead atoms. The Hall–Kier alpha value is -3.39. The third kappa shape index (κ3) is 4.54. The first-order chi connectivity index (χ1) is 15.1. The van der Waals surface area contributed by atoms with Crippen molar-refractivity contribution in [1.82, 2.24) is 0 Å². The van der Waals surface area contributed by atoms with Crippen molar-refractivity contribution in [2.45, 2.75) is 25.3 Å². The smallest absolute Gasteiger partial charge is 0.309 e. The van der Waals surface area contributed by atoms with Crippen LogP contribution in [0.5, 0.6) is 0 Å². The molecule has 0 saturated carbocycles. The molecule has 2 aliphatic rings. The van der Waals surface area contributed by atoms with E-state index in [4.69, 9.17) is 4.74 Å². The van der Waals surface area contributed by atoms with Crippen LogP contribution in [0.4, 0.5) is 17.1 Å². The van der Waals surface area contributed by atoms with Crippen LogP contribution in [0.15, 0.2) is 64.8 Å². The molecule has 2 aromatic rings. The fraction of sp³-hybridized carbons (Fsp3) is 0.348. The monoisotopic (exact) mass is 421 g/mol. The summed E-state index contributed by atoms with van der Waals surface area (Å²) in [4.78, 5) is 39.7. The number of carbonyl (C=O) groups is 3. The summed E-state index contributed by atoms with van der Waals surface area (Å²) < 4.78 is 4.82. The van der Waals surface area contributed by atoms with Crippen molar-refractivity contribution in [3.63, 3.8) is 0 Å². The predicted octanol–water partition coefficient (Wildman–Crippen LogP) is 2.20. The molecule has 2 aromatic carbocycles. The molecule has 2 saturated heterocycles. The Morgan fingerprint density at radius 3 is 2.19 bits per heavy atom. The number of hydrogen-bond donors (Lipinski definition) is 1. The molecule has 4 rings (SSSR count). The molecule has 0 aliphatic carbocycles. The first-order valence-corrected chi connectivity index (χ1v) is 10.4. The molecular weight excluding hydrogens is 396 g/mol. The van der Waals surface area contributed by atoms with Crippen molar-refractivity contribution >= 4 is 34.8 Å². The Balaban J connectivity index is 1.41. The van der Waals surface area contributed by atoms with Gasteiger partial charge in [0.25, 0.3) is 5.91 Å². The van der Waals surface area contributed by atoms with Crippen molar-refractivity contribution in [2.24, 2.45) is 16.1 Å². The number of nitrogens with zero attached hydrogens (tertiary/aromatic N) is 3. The number of esters is 1. The third-order valence-electron chi connectivity index (χ3n) is 5.95. The van der Waals surface area contributed by atoms with Crippen LogP contribution in [0.25, 0.3) is 0 Å². The predicted molar refractivity (Wildman–Crippen MR) is 113 cm³/mol. The molecule has 8 nitrogen and oxygen atoms in total. The number of hydrogen-bond acceptors (Lipinski definition) is 6. The first-order valence-electron chi connectivity index (χ1n) is 10.4. The maximum Gasteiger partial charge on any atom is 0.309 e. The van der Waals surface area contributed by atoms with Crippen LogP contribution in [-0.2, 0) is 19.1 Å². The number of amides is 2. The van der Waals surface area contributed by atoms with E-state index in [-0.39, 0.29) is 30.1 Å². The molecule has 2 fully saturated rings. The Labute approximate surface area is 180 Å². The van der Waals surface area contributed by atoms with Crippen LogP contribution in [0.1, 0.15) is 19.3 Å². The molecule has 8 heteroatoms. The van der Waals surface area contributed by atoms with Gasteiger partial charge in [0.1, 0.15) is 0 Å². The number of azo groups is 1. The number of rotatable bonds is 5. The fourth-order valence-electron chi connectivity index (χ4n) is 4.24. The number of piperidine rings is 1. The zero-order valence-corrected chi connectivity index (χ0v) is 17.4. The number of imide groups is 1. The number of ether oxygens (including phenoxy) is 1. The van der Waals surface area contributed by atoms with Crippen molar-refractivity contribution in [3.05, 3.63) is 54.6 Å². The van der Waals surface area contributed by atoms with Crippen molar-refractivity contribution < 1.29 is 24.0 Å². The second-order valence-corrected chi connectivity index (χ2v) is 7.83. The molecule has 31 heavy (non-hydrogen) atoms. The van der Waals surface area contributed by atoms with Gasteiger partial charge in [-0.1, -0.05) is 18.2 Å². The molecule has 1 atom stereocenters. The van der Waals surface area contributed by atoms with E-state index in [9.17, 15) is 14.4 Å². The summed E-state index contributed by atoms with van der Waals surface area (Å²) >= 11 is 0. The van der Waals surface area contributed by atoms with Crippen LogP contribution >= 0.6 is 0 Å². The summed E-state index contributed by atoms with van der Waals surface area (Å²) in [5, 5.41) is 8.37. The molecule has 160 valence electrons. The zero-order chi connectivity index (χ0) is 21.8. The molecule has 0 radical (unpaired) electrons. The average Bonchev–Trinajstić information content (AvgIpc) is 3.12. The van der Waals surface area contributed by atoms with E-state index in [0.29, 0.717) is 37.3 Å². The minimum Gasteiger partial charge on any atom is -0.469 e. The number of methoxy groups -OCH3 is 1. The summed E-state index contributed by atoms with van der Waals surface area (Å²) in [6, 6.07) is 15.9. The van der Waals surface area contributed by atoms with Gasteiger partial charge in [-0.05, 0) is 36.4 Å². The summed E-state index contributed by atoms with van der Waals surface area (Å²) in [5.74, 6) is -0.694.